The summed E-state index contributed by atoms with van der Waals surface area (Å²) in [5.41, 5.74) is 14.5. The molecule has 1 heterocycles. The minimum absolute atomic E-state index is 0.902. The van der Waals surface area contributed by atoms with Crippen molar-refractivity contribution < 1.29 is 4.42 Å². The number of anilines is 3. The largest absolute Gasteiger partial charge is 0.456 e. The third-order valence-electron chi connectivity index (χ3n) is 10.5. The second-order valence-electron chi connectivity index (χ2n) is 13.8. The van der Waals surface area contributed by atoms with Crippen LogP contribution in [0.4, 0.5) is 17.1 Å². The van der Waals surface area contributed by atoms with Crippen LogP contribution in [0.25, 0.3) is 77.2 Å². The molecule has 0 unspecified atom stereocenters. The fourth-order valence-electron chi connectivity index (χ4n) is 7.72. The van der Waals surface area contributed by atoms with Gasteiger partial charge in [-0.2, -0.15) is 0 Å². The average molecular weight is 690 g/mol. The van der Waals surface area contributed by atoms with Crippen LogP contribution >= 0.6 is 0 Å². The number of benzene rings is 9. The van der Waals surface area contributed by atoms with Gasteiger partial charge in [0.15, 0.2) is 0 Å². The Morgan fingerprint density at radius 1 is 0.296 bits per heavy atom. The first-order valence-corrected chi connectivity index (χ1v) is 18.4. The number of para-hydroxylation sites is 2. The highest BCUT2D eigenvalue weighted by Gasteiger charge is 2.18. The molecule has 0 atom stereocenters. The van der Waals surface area contributed by atoms with E-state index in [1.54, 1.807) is 0 Å². The number of hydrogen-bond acceptors (Lipinski definition) is 2. The maximum atomic E-state index is 6.23. The Morgan fingerprint density at radius 3 is 1.61 bits per heavy atom. The van der Waals surface area contributed by atoms with Gasteiger partial charge >= 0.3 is 0 Å². The van der Waals surface area contributed by atoms with Crippen molar-refractivity contribution in [2.24, 2.45) is 0 Å². The lowest BCUT2D eigenvalue weighted by Gasteiger charge is -2.28. The van der Waals surface area contributed by atoms with Crippen molar-refractivity contribution in [1.29, 1.82) is 0 Å². The summed E-state index contributed by atoms with van der Waals surface area (Å²) in [6.07, 6.45) is 0. The molecule has 2 heteroatoms. The summed E-state index contributed by atoms with van der Waals surface area (Å²) in [6.45, 7) is 0. The van der Waals surface area contributed by atoms with Gasteiger partial charge in [0, 0.05) is 27.7 Å². The third kappa shape index (κ3) is 5.81. The van der Waals surface area contributed by atoms with E-state index in [0.717, 1.165) is 50.1 Å². The zero-order chi connectivity index (χ0) is 35.8. The molecule has 1 aromatic heterocycles. The Hall–Kier alpha value is -7.16. The van der Waals surface area contributed by atoms with Crippen molar-refractivity contribution in [1.82, 2.24) is 0 Å². The van der Waals surface area contributed by atoms with Crippen molar-refractivity contribution in [3.8, 4) is 44.5 Å². The topological polar surface area (TPSA) is 16.4 Å². The molecule has 10 aromatic rings. The molecule has 0 aliphatic heterocycles. The van der Waals surface area contributed by atoms with Gasteiger partial charge < -0.3 is 9.32 Å². The van der Waals surface area contributed by atoms with Crippen LogP contribution in [0.5, 0.6) is 0 Å². The minimum atomic E-state index is 0.902. The molecule has 0 aliphatic rings. The third-order valence-corrected chi connectivity index (χ3v) is 10.5. The van der Waals surface area contributed by atoms with E-state index in [2.05, 4.69) is 205 Å². The summed E-state index contributed by atoms with van der Waals surface area (Å²) in [4.78, 5) is 2.36. The minimum Gasteiger partial charge on any atom is -0.456 e. The predicted molar refractivity (Wildman–Crippen MR) is 228 cm³/mol. The Morgan fingerprint density at radius 2 is 0.833 bits per heavy atom. The fraction of sp³-hybridized carbons (Fsp3) is 0. The quantitative estimate of drug-likeness (QED) is 0.166. The first-order chi connectivity index (χ1) is 26.7. The first-order valence-electron chi connectivity index (χ1n) is 18.4. The molecule has 0 amide bonds. The molecule has 0 fully saturated rings. The first kappa shape index (κ1) is 31.6. The van der Waals surface area contributed by atoms with Gasteiger partial charge in [-0.25, -0.2) is 0 Å². The van der Waals surface area contributed by atoms with E-state index in [1.165, 1.54) is 44.2 Å². The fourth-order valence-corrected chi connectivity index (χ4v) is 7.72. The summed E-state index contributed by atoms with van der Waals surface area (Å²) in [5.74, 6) is 0. The van der Waals surface area contributed by atoms with E-state index < -0.39 is 0 Å². The number of nitrogens with zero attached hydrogens (tertiary/aromatic N) is 1. The molecule has 2 nitrogen and oxygen atoms in total. The summed E-state index contributed by atoms with van der Waals surface area (Å²) in [7, 11) is 0. The molecule has 0 saturated heterocycles. The van der Waals surface area contributed by atoms with Gasteiger partial charge in [-0.3, -0.25) is 0 Å². The van der Waals surface area contributed by atoms with Crippen molar-refractivity contribution in [3.63, 3.8) is 0 Å². The molecule has 0 radical (unpaired) electrons. The molecule has 10 rings (SSSR count). The van der Waals surface area contributed by atoms with Gasteiger partial charge in [0.25, 0.3) is 0 Å². The van der Waals surface area contributed by atoms with Crippen LogP contribution in [0.2, 0.25) is 0 Å². The Labute approximate surface area is 314 Å². The lowest BCUT2D eigenvalue weighted by molar-refractivity contribution is 0.669. The maximum Gasteiger partial charge on any atom is 0.136 e. The van der Waals surface area contributed by atoms with Gasteiger partial charge in [-0.1, -0.05) is 152 Å². The van der Waals surface area contributed by atoms with Gasteiger partial charge in [0.05, 0.1) is 5.69 Å². The molecular weight excluding hydrogens is 655 g/mol. The Balaban J connectivity index is 1.03. The van der Waals surface area contributed by atoms with E-state index in [9.17, 15) is 0 Å². The molecule has 9 aromatic carbocycles. The van der Waals surface area contributed by atoms with Crippen molar-refractivity contribution in [3.05, 3.63) is 212 Å². The smallest absolute Gasteiger partial charge is 0.136 e. The Bertz CT molecular complexity index is 2920. The molecule has 54 heavy (non-hydrogen) atoms. The van der Waals surface area contributed by atoms with E-state index in [4.69, 9.17) is 4.42 Å². The van der Waals surface area contributed by atoms with Crippen molar-refractivity contribution in [2.75, 3.05) is 4.90 Å². The highest BCUT2D eigenvalue weighted by atomic mass is 16.3. The molecule has 0 N–H and O–H groups in total. The summed E-state index contributed by atoms with van der Waals surface area (Å²) in [6, 6.07) is 76.0. The van der Waals surface area contributed by atoms with Gasteiger partial charge in [0.1, 0.15) is 11.2 Å². The SMILES string of the molecule is c1ccc(-c2ccccc2N(c2ccc(-c3cccc(-c4ccc5ccccc5c4)c3)cc2)c2ccc(-c3ccc4c(c3)oc3ccccc34)cc2)cc1. The second kappa shape index (κ2) is 13.4. The summed E-state index contributed by atoms with van der Waals surface area (Å²) in [5, 5.41) is 4.79. The monoisotopic (exact) mass is 689 g/mol. The van der Waals surface area contributed by atoms with E-state index >= 15 is 0 Å². The molecule has 0 aliphatic carbocycles. The van der Waals surface area contributed by atoms with Crippen LogP contribution in [-0.4, -0.2) is 0 Å². The van der Waals surface area contributed by atoms with Crippen molar-refractivity contribution in [2.45, 2.75) is 0 Å². The van der Waals surface area contributed by atoms with Gasteiger partial charge in [-0.15, -0.1) is 0 Å². The molecule has 254 valence electrons. The van der Waals surface area contributed by atoms with Crippen LogP contribution in [0.15, 0.2) is 217 Å². The van der Waals surface area contributed by atoms with E-state index in [1.807, 2.05) is 12.1 Å². The zero-order valence-electron chi connectivity index (χ0n) is 29.6. The van der Waals surface area contributed by atoms with Crippen LogP contribution in [0, 0.1) is 0 Å². The zero-order valence-corrected chi connectivity index (χ0v) is 29.6. The second-order valence-corrected chi connectivity index (χ2v) is 13.8. The normalized spacial score (nSPS) is 11.3. The number of furan rings is 1. The van der Waals surface area contributed by atoms with Crippen molar-refractivity contribution >= 4 is 49.8 Å². The standard InChI is InChI=1S/C52H35NO/c1-2-12-39(13-3-1)47-17-6-8-19-50(47)53(46-30-25-38(26-31-46)44-27-32-49-48-18-7-9-20-51(48)54-52(49)35-44)45-28-23-37(24-29-45)41-15-10-16-42(33-41)43-22-21-36-11-4-5-14-40(36)34-43/h1-35H. The lowest BCUT2D eigenvalue weighted by Crippen LogP contribution is -2.11. The highest BCUT2D eigenvalue weighted by molar-refractivity contribution is 6.06. The van der Waals surface area contributed by atoms with Gasteiger partial charge in [0.2, 0.25) is 0 Å². The van der Waals surface area contributed by atoms with Gasteiger partial charge in [-0.05, 0) is 110 Å². The highest BCUT2D eigenvalue weighted by Crippen LogP contribution is 2.42. The maximum absolute atomic E-state index is 6.23. The number of rotatable bonds is 7. The Kier molecular flexibility index (Phi) is 7.85. The molecule has 0 bridgehead atoms. The predicted octanol–water partition coefficient (Wildman–Crippen LogP) is 14.9. The number of hydrogen-bond donors (Lipinski definition) is 0. The van der Waals surface area contributed by atoms with Crippen LogP contribution in [-0.2, 0) is 0 Å². The van der Waals surface area contributed by atoms with Crippen LogP contribution < -0.4 is 4.90 Å². The molecular formula is C52H35NO. The van der Waals surface area contributed by atoms with E-state index in [0.29, 0.717) is 0 Å². The summed E-state index contributed by atoms with van der Waals surface area (Å²) >= 11 is 0. The molecule has 0 saturated carbocycles. The van der Waals surface area contributed by atoms with Crippen LogP contribution in [0.1, 0.15) is 0 Å². The number of fused-ring (bicyclic) bond motifs is 4. The summed E-state index contributed by atoms with van der Waals surface area (Å²) < 4.78 is 6.23. The van der Waals surface area contributed by atoms with Crippen LogP contribution in [0.3, 0.4) is 0 Å². The molecule has 0 spiro atoms. The average Bonchev–Trinajstić information content (AvgIpc) is 3.63. The lowest BCUT2D eigenvalue weighted by atomic mass is 9.97. The van der Waals surface area contributed by atoms with E-state index in [-0.39, 0.29) is 0 Å².